The van der Waals surface area contributed by atoms with E-state index in [-0.39, 0.29) is 22.4 Å². The van der Waals surface area contributed by atoms with Gasteiger partial charge in [0.2, 0.25) is 0 Å². The third-order valence-corrected chi connectivity index (χ3v) is 5.65. The quantitative estimate of drug-likeness (QED) is 0.783. The van der Waals surface area contributed by atoms with E-state index < -0.39 is 15.9 Å². The third-order valence-electron chi connectivity index (χ3n) is 4.01. The summed E-state index contributed by atoms with van der Waals surface area (Å²) in [6.45, 7) is 8.34. The fourth-order valence-electron chi connectivity index (χ4n) is 2.93. The highest BCUT2D eigenvalue weighted by Crippen LogP contribution is 2.33. The van der Waals surface area contributed by atoms with E-state index in [2.05, 4.69) is 0 Å². The van der Waals surface area contributed by atoms with Crippen molar-refractivity contribution >= 4 is 15.6 Å². The van der Waals surface area contributed by atoms with E-state index in [9.17, 15) is 13.2 Å². The lowest BCUT2D eigenvalue weighted by Crippen LogP contribution is -2.43. The highest BCUT2D eigenvalue weighted by Gasteiger charge is 2.39. The van der Waals surface area contributed by atoms with Gasteiger partial charge in [-0.2, -0.15) is 0 Å². The molecule has 4 nitrogen and oxygen atoms in total. The van der Waals surface area contributed by atoms with Gasteiger partial charge in [0, 0.05) is 18.8 Å². The van der Waals surface area contributed by atoms with E-state index in [1.165, 1.54) is 6.26 Å². The molecule has 0 spiro atoms. The van der Waals surface area contributed by atoms with Crippen molar-refractivity contribution < 1.29 is 17.9 Å². The Bertz CT molecular complexity index is 433. The Kier molecular flexibility index (Phi) is 5.79. The normalized spacial score (nSPS) is 26.2. The molecule has 0 amide bonds. The molecule has 3 atom stereocenters. The molecule has 0 aromatic carbocycles. The van der Waals surface area contributed by atoms with Crippen LogP contribution in [0.4, 0.5) is 0 Å². The molecule has 0 aliphatic heterocycles. The second kappa shape index (κ2) is 6.56. The Hall–Kier alpha value is -0.420. The van der Waals surface area contributed by atoms with Crippen molar-refractivity contribution in [2.24, 2.45) is 11.3 Å². The molecule has 1 saturated carbocycles. The van der Waals surface area contributed by atoms with Crippen LogP contribution in [0, 0.1) is 11.3 Å². The van der Waals surface area contributed by atoms with Crippen molar-refractivity contribution in [2.75, 3.05) is 12.9 Å². The van der Waals surface area contributed by atoms with Crippen molar-refractivity contribution in [1.82, 2.24) is 0 Å². The van der Waals surface area contributed by atoms with Crippen LogP contribution < -0.4 is 0 Å². The molecule has 0 bridgehead atoms. The maximum absolute atomic E-state index is 12.7. The van der Waals surface area contributed by atoms with Crippen LogP contribution in [-0.4, -0.2) is 38.4 Å². The van der Waals surface area contributed by atoms with Crippen molar-refractivity contribution in [3.05, 3.63) is 0 Å². The minimum atomic E-state index is -3.06. The number of carbonyl (C=O) groups excluding carboxylic acids is 1. The predicted molar refractivity (Wildman–Crippen MR) is 80.5 cm³/mol. The summed E-state index contributed by atoms with van der Waals surface area (Å²) < 4.78 is 29.1. The molecule has 1 aliphatic rings. The largest absolute Gasteiger partial charge is 0.370 e. The van der Waals surface area contributed by atoms with Crippen LogP contribution in [0.15, 0.2) is 0 Å². The molecule has 1 aliphatic carbocycles. The Labute approximate surface area is 123 Å². The molecular formula is C15H28O4S. The molecule has 0 aromatic heterocycles. The molecule has 5 heteroatoms. The summed E-state index contributed by atoms with van der Waals surface area (Å²) in [7, 11) is -3.06. The van der Waals surface area contributed by atoms with Gasteiger partial charge in [-0.25, -0.2) is 8.42 Å². The molecular weight excluding hydrogens is 276 g/mol. The van der Waals surface area contributed by atoms with Crippen LogP contribution in [0.25, 0.3) is 0 Å². The lowest BCUT2D eigenvalue weighted by Gasteiger charge is -2.34. The average Bonchev–Trinajstić information content (AvgIpc) is 2.33. The highest BCUT2D eigenvalue weighted by molar-refractivity contribution is 7.91. The Balaban J connectivity index is 2.84. The molecule has 3 unspecified atom stereocenters. The molecule has 1 rings (SSSR count). The van der Waals surface area contributed by atoms with Gasteiger partial charge in [0.15, 0.2) is 5.78 Å². The van der Waals surface area contributed by atoms with Crippen LogP contribution >= 0.6 is 0 Å². The molecule has 0 heterocycles. The summed E-state index contributed by atoms with van der Waals surface area (Å²) in [4.78, 5) is 12.7. The summed E-state index contributed by atoms with van der Waals surface area (Å²) in [5.74, 6) is -0.105. The van der Waals surface area contributed by atoms with Gasteiger partial charge in [-0.15, -0.1) is 0 Å². The van der Waals surface area contributed by atoms with Crippen molar-refractivity contribution in [3.8, 4) is 0 Å². The monoisotopic (exact) mass is 304 g/mol. The lowest BCUT2D eigenvalue weighted by molar-refractivity contribution is -0.142. The average molecular weight is 304 g/mol. The van der Waals surface area contributed by atoms with E-state index in [4.69, 9.17) is 4.74 Å². The van der Waals surface area contributed by atoms with Crippen molar-refractivity contribution in [2.45, 2.75) is 64.7 Å². The van der Waals surface area contributed by atoms with Crippen molar-refractivity contribution in [3.63, 3.8) is 0 Å². The number of sulfone groups is 1. The Morgan fingerprint density at radius 3 is 2.35 bits per heavy atom. The van der Waals surface area contributed by atoms with Gasteiger partial charge in [0.25, 0.3) is 0 Å². The summed E-state index contributed by atoms with van der Waals surface area (Å²) >= 11 is 0. The van der Waals surface area contributed by atoms with Crippen LogP contribution in [0.5, 0.6) is 0 Å². The standard InChI is InChI=1S/C15H28O4S/c1-6-19-14(15(2,3)4)13(16)11-8-7-9-12(10-11)20(5,17)18/h11-12,14H,6-10H2,1-5H3. The maximum Gasteiger partial charge on any atom is 0.165 e. The van der Waals surface area contributed by atoms with E-state index in [1.807, 2.05) is 27.7 Å². The number of rotatable bonds is 5. The minimum Gasteiger partial charge on any atom is -0.370 e. The van der Waals surface area contributed by atoms with Gasteiger partial charge < -0.3 is 4.74 Å². The second-order valence-electron chi connectivity index (χ2n) is 6.92. The highest BCUT2D eigenvalue weighted by atomic mass is 32.2. The van der Waals surface area contributed by atoms with Crippen molar-refractivity contribution in [1.29, 1.82) is 0 Å². The Morgan fingerprint density at radius 1 is 1.30 bits per heavy atom. The number of ether oxygens (including phenoxy) is 1. The molecule has 0 saturated heterocycles. The molecule has 0 N–H and O–H groups in total. The van der Waals surface area contributed by atoms with Gasteiger partial charge in [-0.1, -0.05) is 27.2 Å². The van der Waals surface area contributed by atoms with E-state index in [1.54, 1.807) is 0 Å². The summed E-state index contributed by atoms with van der Waals surface area (Å²) in [5, 5.41) is -0.368. The fourth-order valence-corrected chi connectivity index (χ4v) is 4.11. The van der Waals surface area contributed by atoms with Crippen LogP contribution in [0.1, 0.15) is 53.4 Å². The maximum atomic E-state index is 12.7. The Morgan fingerprint density at radius 2 is 1.90 bits per heavy atom. The third kappa shape index (κ3) is 4.55. The smallest absolute Gasteiger partial charge is 0.165 e. The first kappa shape index (κ1) is 17.6. The number of Topliss-reactive ketones (excluding diaryl/α,β-unsaturated/α-hetero) is 1. The van der Waals surface area contributed by atoms with Gasteiger partial charge >= 0.3 is 0 Å². The van der Waals surface area contributed by atoms with Gasteiger partial charge in [0.1, 0.15) is 15.9 Å². The SMILES string of the molecule is CCOC(C(=O)C1CCCC(S(C)(=O)=O)C1)C(C)(C)C. The number of hydrogen-bond donors (Lipinski definition) is 0. The zero-order valence-electron chi connectivity index (χ0n) is 13.3. The van der Waals surface area contributed by atoms with Crippen LogP contribution in [-0.2, 0) is 19.4 Å². The first-order valence-corrected chi connectivity index (χ1v) is 9.37. The first-order valence-electron chi connectivity index (χ1n) is 7.41. The second-order valence-corrected chi connectivity index (χ2v) is 9.24. The zero-order chi connectivity index (χ0) is 15.6. The number of hydrogen-bond acceptors (Lipinski definition) is 4. The van der Waals surface area contributed by atoms with Crippen LogP contribution in [0.3, 0.4) is 0 Å². The topological polar surface area (TPSA) is 60.4 Å². The molecule has 1 fully saturated rings. The van der Waals surface area contributed by atoms with E-state index in [0.29, 0.717) is 19.4 Å². The van der Waals surface area contributed by atoms with E-state index >= 15 is 0 Å². The van der Waals surface area contributed by atoms with Gasteiger partial charge in [-0.3, -0.25) is 4.79 Å². The van der Waals surface area contributed by atoms with Gasteiger partial charge in [0.05, 0.1) is 5.25 Å². The molecule has 0 radical (unpaired) electrons. The number of carbonyl (C=O) groups is 1. The summed E-state index contributed by atoms with van der Waals surface area (Å²) in [6, 6.07) is 0. The van der Waals surface area contributed by atoms with Crippen LogP contribution in [0.2, 0.25) is 0 Å². The predicted octanol–water partition coefficient (Wildman–Crippen LogP) is 2.61. The first-order chi connectivity index (χ1) is 9.07. The zero-order valence-corrected chi connectivity index (χ0v) is 14.1. The molecule has 0 aromatic rings. The number of ketones is 1. The minimum absolute atomic E-state index is 0.0766. The summed E-state index contributed by atoms with van der Waals surface area (Å²) in [6.07, 6.45) is 3.54. The fraction of sp³-hybridized carbons (Fsp3) is 0.933. The van der Waals surface area contributed by atoms with Gasteiger partial charge in [-0.05, 0) is 31.6 Å². The molecule has 20 heavy (non-hydrogen) atoms. The van der Waals surface area contributed by atoms with E-state index in [0.717, 1.165) is 12.8 Å². The lowest BCUT2D eigenvalue weighted by atomic mass is 9.77. The molecule has 118 valence electrons. The summed E-state index contributed by atoms with van der Waals surface area (Å²) in [5.41, 5.74) is -0.259.